The van der Waals surface area contributed by atoms with E-state index in [1.54, 1.807) is 0 Å². The molecule has 4 N–H and O–H groups in total. The molecule has 0 aromatic heterocycles. The van der Waals surface area contributed by atoms with Crippen LogP contribution in [0.25, 0.3) is 0 Å². The Balaban J connectivity index is 4.37. The van der Waals surface area contributed by atoms with Gasteiger partial charge < -0.3 is 20.7 Å². The van der Waals surface area contributed by atoms with Crippen molar-refractivity contribution < 1.29 is 20.1 Å². The zero-order chi connectivity index (χ0) is 18.1. The maximum atomic E-state index is 12.6. The third-order valence-corrected chi connectivity index (χ3v) is 3.81. The number of nitrogens with zero attached hydrogens (tertiary/aromatic N) is 1. The maximum Gasteiger partial charge on any atom is 0.225 e. The van der Waals surface area contributed by atoms with Gasteiger partial charge in [0.05, 0.1) is 19.8 Å². The highest BCUT2D eigenvalue weighted by Crippen LogP contribution is 2.28. The molecule has 0 unspecified atom stereocenters. The molecule has 6 nitrogen and oxygen atoms in total. The molecule has 2 amide bonds. The lowest BCUT2D eigenvalue weighted by molar-refractivity contribution is -0.374. The molecule has 0 saturated heterocycles. The Hall–Kier alpha value is -1.14. The number of carbonyl (C=O) groups is 2. The Morgan fingerprint density at radius 2 is 1.70 bits per heavy atom. The van der Waals surface area contributed by atoms with E-state index in [1.165, 1.54) is 0 Å². The van der Waals surface area contributed by atoms with Gasteiger partial charge >= 0.3 is 0 Å². The summed E-state index contributed by atoms with van der Waals surface area (Å²) in [4.78, 5) is 26.2. The summed E-state index contributed by atoms with van der Waals surface area (Å²) in [7, 11) is 0. The summed E-state index contributed by atoms with van der Waals surface area (Å²) < 4.78 is 5.22. The first-order chi connectivity index (χ1) is 10.6. The fourth-order valence-electron chi connectivity index (χ4n) is 2.66. The summed E-state index contributed by atoms with van der Waals surface area (Å²) in [6, 6.07) is 0. The minimum absolute atomic E-state index is 0.0676. The minimum Gasteiger partial charge on any atom is -0.375 e. The summed E-state index contributed by atoms with van der Waals surface area (Å²) in [6.07, 6.45) is 1.51. The molecule has 0 fully saturated rings. The average Bonchev–Trinajstić information content (AvgIpc) is 2.41. The largest absolute Gasteiger partial charge is 0.375 e. The minimum atomic E-state index is -0.247. The predicted molar refractivity (Wildman–Crippen MR) is 91.8 cm³/mol. The van der Waals surface area contributed by atoms with Crippen LogP contribution in [0.3, 0.4) is 0 Å². The third-order valence-electron chi connectivity index (χ3n) is 3.81. The second kappa shape index (κ2) is 9.88. The van der Waals surface area contributed by atoms with Crippen LogP contribution in [0, 0.1) is 0 Å². The first kappa shape index (κ1) is 21.9. The van der Waals surface area contributed by atoms with Crippen molar-refractivity contribution in [3.8, 4) is 0 Å². The normalized spacial score (nSPS) is 12.1. The van der Waals surface area contributed by atoms with Gasteiger partial charge in [0.25, 0.3) is 0 Å². The van der Waals surface area contributed by atoms with Crippen LogP contribution in [0.2, 0.25) is 0 Å². The lowest BCUT2D eigenvalue weighted by atomic mass is 9.91. The molecule has 0 radical (unpaired) electrons. The summed E-state index contributed by atoms with van der Waals surface area (Å²) in [5.41, 5.74) is 3.21. The predicted octanol–water partition coefficient (Wildman–Crippen LogP) is 0.957. The highest BCUT2D eigenvalue weighted by molar-refractivity contribution is 5.80. The average molecular weight is 330 g/mol. The van der Waals surface area contributed by atoms with Crippen LogP contribution in [0.4, 0.5) is 0 Å². The molecule has 6 heteroatoms. The van der Waals surface area contributed by atoms with Crippen LogP contribution in [0.5, 0.6) is 0 Å². The Morgan fingerprint density at radius 1 is 1.09 bits per heavy atom. The van der Waals surface area contributed by atoms with Crippen molar-refractivity contribution in [3.63, 3.8) is 0 Å². The van der Waals surface area contributed by atoms with Crippen molar-refractivity contribution in [2.75, 3.05) is 26.3 Å². The first-order valence-electron chi connectivity index (χ1n) is 8.53. The van der Waals surface area contributed by atoms with Gasteiger partial charge in [0, 0.05) is 30.5 Å². The van der Waals surface area contributed by atoms with Gasteiger partial charge in [0.1, 0.15) is 0 Å². The fourth-order valence-corrected chi connectivity index (χ4v) is 2.66. The Morgan fingerprint density at radius 3 is 2.17 bits per heavy atom. The molecule has 0 rings (SSSR count). The molecule has 0 spiro atoms. The zero-order valence-electron chi connectivity index (χ0n) is 15.8. The van der Waals surface area contributed by atoms with Gasteiger partial charge in [-0.3, -0.25) is 9.59 Å². The molecular weight excluding hydrogens is 294 g/mol. The maximum absolute atomic E-state index is 12.6. The van der Waals surface area contributed by atoms with Crippen LogP contribution < -0.4 is 11.1 Å². The van der Waals surface area contributed by atoms with E-state index >= 15 is 0 Å². The van der Waals surface area contributed by atoms with Crippen molar-refractivity contribution in [2.45, 2.75) is 71.9 Å². The number of quaternary nitrogens is 1. The summed E-state index contributed by atoms with van der Waals surface area (Å²) in [5, 5.41) is 2.78. The Labute approximate surface area is 141 Å². The van der Waals surface area contributed by atoms with Crippen LogP contribution in [0.1, 0.15) is 60.8 Å². The molecule has 0 aromatic rings. The molecule has 0 saturated carbocycles. The smallest absolute Gasteiger partial charge is 0.225 e. The highest BCUT2D eigenvalue weighted by Gasteiger charge is 2.36. The lowest BCUT2D eigenvalue weighted by Gasteiger charge is -2.47. The zero-order valence-corrected chi connectivity index (χ0v) is 15.8. The number of amides is 2. The number of carbonyl (C=O) groups excluding carboxylic acids is 2. The number of hydrogen-bond donors (Lipinski definition) is 2. The van der Waals surface area contributed by atoms with Gasteiger partial charge in [0.2, 0.25) is 11.8 Å². The van der Waals surface area contributed by atoms with Crippen LogP contribution in [-0.2, 0) is 14.3 Å². The second-order valence-electron chi connectivity index (χ2n) is 7.38. The lowest BCUT2D eigenvalue weighted by Crippen LogP contribution is -2.57. The van der Waals surface area contributed by atoms with Crippen molar-refractivity contribution in [2.24, 2.45) is 0 Å². The summed E-state index contributed by atoms with van der Waals surface area (Å²) in [5.74, 6) is -0.0168. The van der Waals surface area contributed by atoms with Crippen molar-refractivity contribution in [3.05, 3.63) is 0 Å². The molecule has 0 aliphatic heterocycles. The topological polar surface area (TPSA) is 86.3 Å². The van der Waals surface area contributed by atoms with Crippen LogP contribution >= 0.6 is 0 Å². The standard InChI is InChI=1S/C17H35N3O3/c1-7-17(5,6)20(16(2,3)4)15(22)8-11-19-14(21)9-12-23-13-10-18/h7-13,18H2,1-6H3,(H,19,21)/p+1. The molecular formula is C17H36N3O3+. The SMILES string of the molecule is CCC(C)(C)N(C(=O)CCNC(=O)CCOCC[NH3+])C(C)(C)C. The number of hydrogen-bond acceptors (Lipinski definition) is 3. The van der Waals surface area contributed by atoms with Crippen molar-refractivity contribution in [1.29, 1.82) is 0 Å². The second-order valence-corrected chi connectivity index (χ2v) is 7.38. The van der Waals surface area contributed by atoms with Gasteiger partial charge in [-0.1, -0.05) is 6.92 Å². The van der Waals surface area contributed by atoms with E-state index in [4.69, 9.17) is 4.74 Å². The van der Waals surface area contributed by atoms with E-state index in [1.807, 2.05) is 25.7 Å². The van der Waals surface area contributed by atoms with E-state index in [0.29, 0.717) is 39.1 Å². The van der Waals surface area contributed by atoms with E-state index in [-0.39, 0.29) is 22.9 Å². The van der Waals surface area contributed by atoms with E-state index < -0.39 is 0 Å². The van der Waals surface area contributed by atoms with Crippen LogP contribution in [-0.4, -0.2) is 54.1 Å². The van der Waals surface area contributed by atoms with Gasteiger partial charge in [-0.05, 0) is 41.0 Å². The van der Waals surface area contributed by atoms with Crippen molar-refractivity contribution >= 4 is 11.8 Å². The molecule has 0 aliphatic carbocycles. The Kier molecular flexibility index (Phi) is 9.39. The third kappa shape index (κ3) is 8.32. The number of ether oxygens (including phenoxy) is 1. The van der Waals surface area contributed by atoms with E-state index in [2.05, 4.69) is 31.8 Å². The van der Waals surface area contributed by atoms with Gasteiger partial charge in [0.15, 0.2) is 0 Å². The van der Waals surface area contributed by atoms with Gasteiger partial charge in [-0.2, -0.15) is 0 Å². The van der Waals surface area contributed by atoms with E-state index in [9.17, 15) is 9.59 Å². The summed E-state index contributed by atoms with van der Waals surface area (Å²) in [6.45, 7) is 14.4. The molecule has 0 bridgehead atoms. The monoisotopic (exact) mass is 330 g/mol. The van der Waals surface area contributed by atoms with Gasteiger partial charge in [-0.15, -0.1) is 0 Å². The summed E-state index contributed by atoms with van der Waals surface area (Å²) >= 11 is 0. The van der Waals surface area contributed by atoms with Crippen molar-refractivity contribution in [1.82, 2.24) is 10.2 Å². The number of rotatable bonds is 10. The van der Waals surface area contributed by atoms with Gasteiger partial charge in [-0.25, -0.2) is 0 Å². The molecule has 0 atom stereocenters. The van der Waals surface area contributed by atoms with E-state index in [0.717, 1.165) is 6.42 Å². The molecule has 136 valence electrons. The van der Waals surface area contributed by atoms with Crippen LogP contribution in [0.15, 0.2) is 0 Å². The molecule has 0 heterocycles. The quantitative estimate of drug-likeness (QED) is 0.585. The number of nitrogens with one attached hydrogen (secondary N) is 1. The first-order valence-corrected chi connectivity index (χ1v) is 8.53. The molecule has 23 heavy (non-hydrogen) atoms. The Bertz CT molecular complexity index is 376. The molecule has 0 aromatic carbocycles. The highest BCUT2D eigenvalue weighted by atomic mass is 16.5. The fraction of sp³-hybridized carbons (Fsp3) is 0.882. The molecule has 0 aliphatic rings.